The molecule has 3 rings (SSSR count). The largest absolute Gasteiger partial charge is 0.471 e. The summed E-state index contributed by atoms with van der Waals surface area (Å²) in [4.78, 5) is 32.7. The molecule has 0 aliphatic carbocycles. The first-order valence-electron chi connectivity index (χ1n) is 16.4. The van der Waals surface area contributed by atoms with Gasteiger partial charge in [0.25, 0.3) is 0 Å². The van der Waals surface area contributed by atoms with Crippen LogP contribution in [0, 0.1) is 0 Å². The number of carbonyl (C=O) groups is 3. The molecule has 3 heterocycles. The van der Waals surface area contributed by atoms with Crippen molar-refractivity contribution >= 4 is 26.1 Å². The smallest absolute Gasteiger partial charge is 0.222 e. The van der Waals surface area contributed by atoms with Crippen LogP contribution in [0.15, 0.2) is 38.2 Å². The van der Waals surface area contributed by atoms with Gasteiger partial charge in [0.1, 0.15) is 67.0 Å². The maximum atomic E-state index is 11.0. The van der Waals surface area contributed by atoms with Crippen molar-refractivity contribution in [3.63, 3.8) is 0 Å². The SMILES string of the molecule is C.C=CCO.C=CC[C@H]1O[C@H](CO)[C@H](O)[C@H](O)[C@H]1NC(C)=O.C=CO[C@H]1O[C@H](CO)[C@H](O)[C@H](O)[C@H]1NC(C)=O.CC(=O)N[C@@H]1[C@@H](O)[C@@H](O)[C@@H](CO)O[C@@H]1O.[B]. The summed E-state index contributed by atoms with van der Waals surface area (Å²) in [5.74, 6) is -1.18. The molecule has 15 atom stereocenters. The third-order valence-electron chi connectivity index (χ3n) is 7.68. The van der Waals surface area contributed by atoms with Gasteiger partial charge in [-0.05, 0) is 6.42 Å². The molecule has 14 N–H and O–H groups in total. The molecule has 0 aromatic rings. The van der Waals surface area contributed by atoms with Crippen LogP contribution in [0.1, 0.15) is 34.6 Å². The van der Waals surface area contributed by atoms with Crippen LogP contribution in [-0.4, -0.2) is 200 Å². The van der Waals surface area contributed by atoms with Gasteiger partial charge in [-0.25, -0.2) is 0 Å². The van der Waals surface area contributed by atoms with Gasteiger partial charge in [-0.1, -0.05) is 26.2 Å². The lowest BCUT2D eigenvalue weighted by molar-refractivity contribution is -0.255. The molecule has 21 nitrogen and oxygen atoms in total. The fourth-order valence-electron chi connectivity index (χ4n) is 5.14. The molecule has 0 aromatic heterocycles. The van der Waals surface area contributed by atoms with E-state index in [-0.39, 0.29) is 28.4 Å². The highest BCUT2D eigenvalue weighted by Gasteiger charge is 2.46. The lowest BCUT2D eigenvalue weighted by atomic mass is 9.91. The van der Waals surface area contributed by atoms with E-state index in [4.69, 9.17) is 39.4 Å². The Morgan fingerprint density at radius 2 is 0.945 bits per heavy atom. The van der Waals surface area contributed by atoms with Crippen LogP contribution in [0.3, 0.4) is 0 Å². The summed E-state index contributed by atoms with van der Waals surface area (Å²) in [5, 5.41) is 109. The topological polar surface area (TPSA) is 347 Å². The van der Waals surface area contributed by atoms with E-state index in [2.05, 4.69) is 35.7 Å². The van der Waals surface area contributed by atoms with E-state index in [1.165, 1.54) is 26.8 Å². The highest BCUT2D eigenvalue weighted by molar-refractivity contribution is 5.75. The first-order chi connectivity index (χ1) is 24.9. The Morgan fingerprint density at radius 3 is 1.33 bits per heavy atom. The second-order valence-electron chi connectivity index (χ2n) is 11.8. The number of aliphatic hydroxyl groups is 11. The van der Waals surface area contributed by atoms with Crippen molar-refractivity contribution in [3.05, 3.63) is 38.2 Å². The van der Waals surface area contributed by atoms with Crippen LogP contribution in [0.2, 0.25) is 0 Å². The quantitative estimate of drug-likeness (QED) is 0.0525. The van der Waals surface area contributed by atoms with Gasteiger partial charge >= 0.3 is 0 Å². The van der Waals surface area contributed by atoms with Crippen LogP contribution >= 0.6 is 0 Å². The highest BCUT2D eigenvalue weighted by atomic mass is 16.7. The van der Waals surface area contributed by atoms with Crippen LogP contribution < -0.4 is 16.0 Å². The number of amides is 3. The van der Waals surface area contributed by atoms with Gasteiger partial charge in [0.2, 0.25) is 24.0 Å². The molecule has 3 fully saturated rings. The number of ether oxygens (including phenoxy) is 4. The van der Waals surface area contributed by atoms with E-state index < -0.39 is 123 Å². The zero-order valence-electron chi connectivity index (χ0n) is 30.4. The molecule has 55 heavy (non-hydrogen) atoms. The standard InChI is InChI=1S/C11H19NO5.C10H17NO6.C8H15NO6.C3H6O.CH4.B/c1-3-4-7-9(12-6(2)14)11(16)10(15)8(5-13)17-7;1-3-16-10-7(11-5(2)13)9(15)8(14)6(4-12)17-10;1-3(11)9-5-7(13)6(12)4(2-10)15-8(5)14;1-2-3-4;;/h3,7-11,13,15-16H,1,4-5H2,2H3,(H,12,14);3,6-10,12,14-15H,1,4H2,2H3,(H,11,13);4-8,10,12-14H,2H2,1H3,(H,9,11);2,4H,1,3H2;1H4;/t7-,8-,9+,10+,11-;6-,7-,8+,9-,10+;4-,5-,6+,7-,8+;;;/m111.../s1. The Balaban J connectivity index is -0.000000691. The van der Waals surface area contributed by atoms with Crippen molar-refractivity contribution in [3.8, 4) is 0 Å². The van der Waals surface area contributed by atoms with E-state index in [9.17, 15) is 50.1 Å². The van der Waals surface area contributed by atoms with Gasteiger partial charge < -0.3 is 91.1 Å². The third kappa shape index (κ3) is 18.2. The van der Waals surface area contributed by atoms with Gasteiger partial charge in [0, 0.05) is 29.2 Å². The van der Waals surface area contributed by atoms with Gasteiger partial charge in [-0.3, -0.25) is 14.4 Å². The molecule has 0 bridgehead atoms. The van der Waals surface area contributed by atoms with Gasteiger partial charge in [0.05, 0.1) is 44.8 Å². The van der Waals surface area contributed by atoms with Crippen molar-refractivity contribution in [2.24, 2.45) is 0 Å². The van der Waals surface area contributed by atoms with E-state index in [0.717, 1.165) is 6.26 Å². The molecule has 3 radical (unpaired) electrons. The number of carbonyl (C=O) groups excluding carboxylic acids is 3. The summed E-state index contributed by atoms with van der Waals surface area (Å²) in [6, 6.07) is -2.73. The molecule has 3 aliphatic heterocycles. The van der Waals surface area contributed by atoms with Crippen molar-refractivity contribution < 1.29 is 89.5 Å². The lowest BCUT2D eigenvalue weighted by Crippen LogP contribution is -2.64. The Morgan fingerprint density at radius 1 is 0.582 bits per heavy atom. The second kappa shape index (κ2) is 29.2. The lowest BCUT2D eigenvalue weighted by Gasteiger charge is -2.42. The second-order valence-corrected chi connectivity index (χ2v) is 11.8. The summed E-state index contributed by atoms with van der Waals surface area (Å²) in [6.07, 6.45) is -9.04. The minimum atomic E-state index is -1.45. The van der Waals surface area contributed by atoms with E-state index in [1.807, 2.05) is 0 Å². The summed E-state index contributed by atoms with van der Waals surface area (Å²) in [6.45, 7) is 12.6. The number of hydrogen-bond acceptors (Lipinski definition) is 18. The zero-order chi connectivity index (χ0) is 41.0. The fraction of sp³-hybridized carbons (Fsp3) is 0.727. The summed E-state index contributed by atoms with van der Waals surface area (Å²) < 4.78 is 20.4. The molecular weight excluding hydrogens is 737 g/mol. The average molecular weight is 799 g/mol. The molecule has 0 spiro atoms. The Bertz CT molecular complexity index is 1070. The van der Waals surface area contributed by atoms with Crippen molar-refractivity contribution in [1.29, 1.82) is 0 Å². The Kier molecular flexibility index (Phi) is 29.9. The van der Waals surface area contributed by atoms with Gasteiger partial charge in [-0.2, -0.15) is 0 Å². The van der Waals surface area contributed by atoms with Crippen LogP contribution in [0.4, 0.5) is 0 Å². The first-order valence-corrected chi connectivity index (χ1v) is 16.4. The number of hydrogen-bond donors (Lipinski definition) is 14. The third-order valence-corrected chi connectivity index (χ3v) is 7.68. The Hall–Kier alpha value is -3.07. The van der Waals surface area contributed by atoms with E-state index in [0.29, 0.717) is 6.42 Å². The van der Waals surface area contributed by atoms with Crippen molar-refractivity contribution in [1.82, 2.24) is 16.0 Å². The molecule has 0 aromatic carbocycles. The molecule has 319 valence electrons. The first kappa shape index (κ1) is 56.3. The number of aliphatic hydroxyl groups excluding tert-OH is 11. The van der Waals surface area contributed by atoms with E-state index >= 15 is 0 Å². The maximum absolute atomic E-state index is 11.0. The van der Waals surface area contributed by atoms with Crippen LogP contribution in [0.5, 0.6) is 0 Å². The molecule has 22 heteroatoms. The molecule has 0 saturated carbocycles. The normalized spacial score (nSPS) is 34.8. The molecule has 3 saturated heterocycles. The van der Waals surface area contributed by atoms with Crippen molar-refractivity contribution in [2.75, 3.05) is 26.4 Å². The number of nitrogens with one attached hydrogen (secondary N) is 3. The zero-order valence-corrected chi connectivity index (χ0v) is 30.4. The van der Waals surface area contributed by atoms with Gasteiger partial charge in [0.15, 0.2) is 6.29 Å². The Labute approximate surface area is 322 Å². The maximum Gasteiger partial charge on any atom is 0.222 e. The minimum absolute atomic E-state index is 0. The fourth-order valence-corrected chi connectivity index (χ4v) is 5.14. The van der Waals surface area contributed by atoms with Crippen molar-refractivity contribution in [2.45, 2.75) is 126 Å². The molecule has 0 unspecified atom stereocenters. The summed E-state index contributed by atoms with van der Waals surface area (Å²) in [7, 11) is 0. The predicted molar refractivity (Wildman–Crippen MR) is 194 cm³/mol. The summed E-state index contributed by atoms with van der Waals surface area (Å²) in [5.41, 5.74) is 0. The highest BCUT2D eigenvalue weighted by Crippen LogP contribution is 2.24. The molecule has 3 aliphatic rings. The van der Waals surface area contributed by atoms with E-state index in [1.54, 1.807) is 6.08 Å². The predicted octanol–water partition coefficient (Wildman–Crippen LogP) is -6.02. The van der Waals surface area contributed by atoms with Crippen LogP contribution in [-0.2, 0) is 33.3 Å². The minimum Gasteiger partial charge on any atom is -0.471 e. The number of rotatable bonds is 11. The molecule has 3 amide bonds. The van der Waals surface area contributed by atoms with Gasteiger partial charge in [-0.15, -0.1) is 13.2 Å². The molecular formula is C33H61BN3O18. The van der Waals surface area contributed by atoms with Crippen LogP contribution in [0.25, 0.3) is 0 Å². The monoisotopic (exact) mass is 798 g/mol. The summed E-state index contributed by atoms with van der Waals surface area (Å²) >= 11 is 0. The average Bonchev–Trinajstić information content (AvgIpc) is 3.11.